The number of piperidine rings is 1. The monoisotopic (exact) mass is 405 g/mol. The zero-order chi connectivity index (χ0) is 20.1. The number of carbonyl (C=O) groups excluding carboxylic acids is 1. The number of benzene rings is 2. The third-order valence-electron chi connectivity index (χ3n) is 4.68. The Bertz CT molecular complexity index is 957. The number of halogens is 1. The van der Waals surface area contributed by atoms with Gasteiger partial charge in [-0.2, -0.15) is 4.31 Å². The largest absolute Gasteiger partial charge is 0.376 e. The summed E-state index contributed by atoms with van der Waals surface area (Å²) < 4.78 is 40.6. The van der Waals surface area contributed by atoms with E-state index in [1.165, 1.54) is 22.5 Å². The molecule has 0 saturated carbocycles. The number of sulfonamides is 1. The first kappa shape index (κ1) is 20.3. The molecule has 0 radical (unpaired) electrons. The molecule has 1 heterocycles. The van der Waals surface area contributed by atoms with Crippen LogP contribution in [0.15, 0.2) is 47.4 Å². The second-order valence-electron chi connectivity index (χ2n) is 6.86. The molecule has 1 aliphatic heterocycles. The van der Waals surface area contributed by atoms with Crippen molar-refractivity contribution in [2.24, 2.45) is 0 Å². The Morgan fingerprint density at radius 2 is 1.82 bits per heavy atom. The maximum atomic E-state index is 13.2. The summed E-state index contributed by atoms with van der Waals surface area (Å²) in [7, 11) is -3.59. The topological polar surface area (TPSA) is 78.5 Å². The van der Waals surface area contributed by atoms with Gasteiger partial charge in [0.05, 0.1) is 11.4 Å². The number of amides is 1. The summed E-state index contributed by atoms with van der Waals surface area (Å²) in [6, 6.07) is 10.7. The van der Waals surface area contributed by atoms with Crippen LogP contribution < -0.4 is 10.6 Å². The average molecular weight is 405 g/mol. The Morgan fingerprint density at radius 3 is 2.54 bits per heavy atom. The number of rotatable bonds is 6. The highest BCUT2D eigenvalue weighted by molar-refractivity contribution is 7.89. The molecule has 0 aliphatic carbocycles. The van der Waals surface area contributed by atoms with Crippen LogP contribution in [0.3, 0.4) is 0 Å². The molecule has 0 bridgehead atoms. The molecule has 28 heavy (non-hydrogen) atoms. The first-order valence-electron chi connectivity index (χ1n) is 9.26. The Kier molecular flexibility index (Phi) is 6.31. The highest BCUT2D eigenvalue weighted by Crippen LogP contribution is 2.26. The van der Waals surface area contributed by atoms with E-state index in [0.29, 0.717) is 30.0 Å². The standard InChI is InChI=1S/C20H24FN3O3S/c1-15-8-9-18(13-19(15)28(26,27)24-10-3-2-4-11-24)23-20(25)14-22-17-7-5-6-16(21)12-17/h5-9,12-13,22H,2-4,10-11,14H2,1H3,(H,23,25). The number of anilines is 2. The van der Waals surface area contributed by atoms with Gasteiger partial charge in [0.2, 0.25) is 15.9 Å². The number of nitrogens with zero attached hydrogens (tertiary/aromatic N) is 1. The van der Waals surface area contributed by atoms with Crippen LogP contribution in [0, 0.1) is 12.7 Å². The van der Waals surface area contributed by atoms with Gasteiger partial charge in [-0.3, -0.25) is 4.79 Å². The second-order valence-corrected chi connectivity index (χ2v) is 8.76. The molecule has 3 rings (SSSR count). The molecule has 2 aromatic carbocycles. The molecule has 0 aromatic heterocycles. The van der Waals surface area contributed by atoms with E-state index in [2.05, 4.69) is 10.6 Å². The molecule has 0 spiro atoms. The summed E-state index contributed by atoms with van der Waals surface area (Å²) in [4.78, 5) is 12.4. The first-order valence-corrected chi connectivity index (χ1v) is 10.7. The lowest BCUT2D eigenvalue weighted by molar-refractivity contribution is -0.114. The normalized spacial score (nSPS) is 15.2. The van der Waals surface area contributed by atoms with Crippen molar-refractivity contribution in [3.8, 4) is 0 Å². The molecule has 1 fully saturated rings. The minimum absolute atomic E-state index is 0.0640. The molecule has 2 N–H and O–H groups in total. The zero-order valence-electron chi connectivity index (χ0n) is 15.7. The molecule has 8 heteroatoms. The highest BCUT2D eigenvalue weighted by Gasteiger charge is 2.27. The fourth-order valence-corrected chi connectivity index (χ4v) is 4.95. The quantitative estimate of drug-likeness (QED) is 0.773. The second kappa shape index (κ2) is 8.70. The summed E-state index contributed by atoms with van der Waals surface area (Å²) in [5, 5.41) is 5.53. The lowest BCUT2D eigenvalue weighted by atomic mass is 10.2. The van der Waals surface area contributed by atoms with Crippen molar-refractivity contribution in [1.29, 1.82) is 0 Å². The van der Waals surface area contributed by atoms with E-state index in [9.17, 15) is 17.6 Å². The van der Waals surface area contributed by atoms with Crippen molar-refractivity contribution < 1.29 is 17.6 Å². The maximum Gasteiger partial charge on any atom is 0.243 e. The predicted octanol–water partition coefficient (Wildman–Crippen LogP) is 3.36. The number of aryl methyl sites for hydroxylation is 1. The number of hydrogen-bond donors (Lipinski definition) is 2. The number of nitrogens with one attached hydrogen (secondary N) is 2. The Labute approximate surface area is 164 Å². The summed E-state index contributed by atoms with van der Waals surface area (Å²) in [5.41, 5.74) is 1.54. The van der Waals surface area contributed by atoms with Crippen LogP contribution in [0.25, 0.3) is 0 Å². The van der Waals surface area contributed by atoms with Gasteiger partial charge < -0.3 is 10.6 Å². The zero-order valence-corrected chi connectivity index (χ0v) is 16.6. The fourth-order valence-electron chi connectivity index (χ4n) is 3.19. The third kappa shape index (κ3) is 4.88. The van der Waals surface area contributed by atoms with Crippen molar-refractivity contribution >= 4 is 27.3 Å². The molecule has 0 unspecified atom stereocenters. The smallest absolute Gasteiger partial charge is 0.243 e. The van der Waals surface area contributed by atoms with Crippen molar-refractivity contribution in [2.45, 2.75) is 31.1 Å². The van der Waals surface area contributed by atoms with Crippen molar-refractivity contribution in [3.63, 3.8) is 0 Å². The van der Waals surface area contributed by atoms with Gasteiger partial charge in [-0.25, -0.2) is 12.8 Å². The number of carbonyl (C=O) groups is 1. The van der Waals surface area contributed by atoms with Crippen LogP contribution in [-0.2, 0) is 14.8 Å². The lowest BCUT2D eigenvalue weighted by Gasteiger charge is -2.26. The maximum absolute atomic E-state index is 13.2. The van der Waals surface area contributed by atoms with Crippen LogP contribution in [0.5, 0.6) is 0 Å². The van der Waals surface area contributed by atoms with E-state index in [-0.39, 0.29) is 17.3 Å². The van der Waals surface area contributed by atoms with Crippen LogP contribution in [0.2, 0.25) is 0 Å². The van der Waals surface area contributed by atoms with Gasteiger partial charge in [0.1, 0.15) is 5.82 Å². The Hall–Kier alpha value is -2.45. The van der Waals surface area contributed by atoms with Crippen LogP contribution in [-0.4, -0.2) is 38.3 Å². The molecule has 0 atom stereocenters. The molecule has 1 amide bonds. The molecule has 2 aromatic rings. The fraction of sp³-hybridized carbons (Fsp3) is 0.350. The van der Waals surface area contributed by atoms with Crippen molar-refractivity contribution in [3.05, 3.63) is 53.8 Å². The highest BCUT2D eigenvalue weighted by atomic mass is 32.2. The molecule has 6 nitrogen and oxygen atoms in total. The van der Waals surface area contributed by atoms with Crippen LogP contribution >= 0.6 is 0 Å². The summed E-state index contributed by atoms with van der Waals surface area (Å²) in [5.74, 6) is -0.745. The van der Waals surface area contributed by atoms with Gasteiger partial charge in [0.25, 0.3) is 0 Å². The van der Waals surface area contributed by atoms with Gasteiger partial charge in [-0.1, -0.05) is 18.6 Å². The van der Waals surface area contributed by atoms with E-state index in [1.54, 1.807) is 31.2 Å². The van der Waals surface area contributed by atoms with E-state index in [4.69, 9.17) is 0 Å². The van der Waals surface area contributed by atoms with E-state index in [1.807, 2.05) is 0 Å². The summed E-state index contributed by atoms with van der Waals surface area (Å²) in [6.45, 7) is 2.73. The van der Waals surface area contributed by atoms with Crippen molar-refractivity contribution in [2.75, 3.05) is 30.3 Å². The average Bonchev–Trinajstić information content (AvgIpc) is 2.68. The van der Waals surface area contributed by atoms with Crippen LogP contribution in [0.1, 0.15) is 24.8 Å². The lowest BCUT2D eigenvalue weighted by Crippen LogP contribution is -2.36. The molecule has 150 valence electrons. The minimum atomic E-state index is -3.59. The molecule has 1 aliphatic rings. The first-order chi connectivity index (χ1) is 13.4. The SMILES string of the molecule is Cc1ccc(NC(=O)CNc2cccc(F)c2)cc1S(=O)(=O)N1CCCCC1. The van der Waals surface area contributed by atoms with Crippen molar-refractivity contribution in [1.82, 2.24) is 4.31 Å². The van der Waals surface area contributed by atoms with Gasteiger partial charge in [0.15, 0.2) is 0 Å². The summed E-state index contributed by atoms with van der Waals surface area (Å²) >= 11 is 0. The van der Waals surface area contributed by atoms with Gasteiger partial charge >= 0.3 is 0 Å². The van der Waals surface area contributed by atoms with E-state index in [0.717, 1.165) is 19.3 Å². The Balaban J connectivity index is 1.69. The number of hydrogen-bond acceptors (Lipinski definition) is 4. The van der Waals surface area contributed by atoms with Crippen LogP contribution in [0.4, 0.5) is 15.8 Å². The van der Waals surface area contributed by atoms with Gasteiger partial charge in [0, 0.05) is 24.5 Å². The van der Waals surface area contributed by atoms with Gasteiger partial charge in [-0.05, 0) is 55.7 Å². The Morgan fingerprint density at radius 1 is 1.07 bits per heavy atom. The predicted molar refractivity (Wildman–Crippen MR) is 107 cm³/mol. The molecular weight excluding hydrogens is 381 g/mol. The van der Waals surface area contributed by atoms with E-state index < -0.39 is 15.8 Å². The summed E-state index contributed by atoms with van der Waals surface area (Å²) in [6.07, 6.45) is 2.76. The molecular formula is C20H24FN3O3S. The van der Waals surface area contributed by atoms with E-state index >= 15 is 0 Å². The minimum Gasteiger partial charge on any atom is -0.376 e. The molecule has 1 saturated heterocycles. The third-order valence-corrected chi connectivity index (χ3v) is 6.72. The van der Waals surface area contributed by atoms with Gasteiger partial charge in [-0.15, -0.1) is 0 Å².